The first-order chi connectivity index (χ1) is 8.60. The molecule has 0 amide bonds. The number of methoxy groups -OCH3 is 1. The van der Waals surface area contributed by atoms with Crippen molar-refractivity contribution in [3.8, 4) is 5.75 Å². The first kappa shape index (κ1) is 12.9. The number of halogens is 2. The maximum Gasteiger partial charge on any atom is 0.193 e. The van der Waals surface area contributed by atoms with E-state index in [-0.39, 0.29) is 17.4 Å². The Hall–Kier alpha value is -1.52. The van der Waals surface area contributed by atoms with Crippen molar-refractivity contribution in [3.05, 3.63) is 52.7 Å². The highest BCUT2D eigenvalue weighted by Crippen LogP contribution is 2.25. The second kappa shape index (κ2) is 5.42. The van der Waals surface area contributed by atoms with E-state index in [2.05, 4.69) is 0 Å². The molecule has 0 aliphatic heterocycles. The number of furan rings is 1. The summed E-state index contributed by atoms with van der Waals surface area (Å²) in [6, 6.07) is 7.68. The van der Waals surface area contributed by atoms with E-state index in [1.807, 2.05) is 0 Å². The Morgan fingerprint density at radius 1 is 1.39 bits per heavy atom. The SMILES string of the molecule is COc1ccc(CC(O)c2ccc(Cl)o2)cc1F. The largest absolute Gasteiger partial charge is 0.494 e. The molecule has 2 rings (SSSR count). The van der Waals surface area contributed by atoms with Crippen LogP contribution in [0.2, 0.25) is 5.22 Å². The lowest BCUT2D eigenvalue weighted by Gasteiger charge is -2.09. The van der Waals surface area contributed by atoms with Crippen LogP contribution in [-0.2, 0) is 6.42 Å². The normalized spacial score (nSPS) is 12.4. The summed E-state index contributed by atoms with van der Waals surface area (Å²) in [6.07, 6.45) is -0.615. The minimum absolute atomic E-state index is 0.175. The average Bonchev–Trinajstić information content (AvgIpc) is 2.76. The fourth-order valence-electron chi connectivity index (χ4n) is 1.67. The van der Waals surface area contributed by atoms with Gasteiger partial charge in [0.15, 0.2) is 16.8 Å². The minimum atomic E-state index is -0.856. The topological polar surface area (TPSA) is 42.6 Å². The van der Waals surface area contributed by atoms with Gasteiger partial charge in [0, 0.05) is 6.42 Å². The number of aliphatic hydroxyl groups excluding tert-OH is 1. The zero-order valence-corrected chi connectivity index (χ0v) is 10.4. The Morgan fingerprint density at radius 2 is 2.17 bits per heavy atom. The molecule has 0 radical (unpaired) electrons. The molecule has 0 saturated heterocycles. The second-order valence-corrected chi connectivity index (χ2v) is 4.20. The molecule has 0 aliphatic rings. The van der Waals surface area contributed by atoms with Crippen molar-refractivity contribution in [1.82, 2.24) is 0 Å². The number of ether oxygens (including phenoxy) is 1. The van der Waals surface area contributed by atoms with Gasteiger partial charge in [0.25, 0.3) is 0 Å². The van der Waals surface area contributed by atoms with Crippen molar-refractivity contribution in [2.24, 2.45) is 0 Å². The van der Waals surface area contributed by atoms with E-state index in [0.717, 1.165) is 0 Å². The van der Waals surface area contributed by atoms with Crippen LogP contribution in [0.3, 0.4) is 0 Å². The standard InChI is InChI=1S/C13H12ClFO3/c1-17-11-3-2-8(6-9(11)15)7-10(16)12-4-5-13(14)18-12/h2-6,10,16H,7H2,1H3. The zero-order valence-electron chi connectivity index (χ0n) is 9.69. The molecule has 1 aromatic heterocycles. The van der Waals surface area contributed by atoms with Crippen LogP contribution < -0.4 is 4.74 Å². The van der Waals surface area contributed by atoms with Crippen molar-refractivity contribution in [1.29, 1.82) is 0 Å². The third-order valence-corrected chi connectivity index (χ3v) is 2.77. The molecule has 1 aromatic carbocycles. The van der Waals surface area contributed by atoms with Gasteiger partial charge in [-0.05, 0) is 41.4 Å². The number of hydrogen-bond donors (Lipinski definition) is 1. The van der Waals surface area contributed by atoms with Crippen molar-refractivity contribution in [2.75, 3.05) is 7.11 Å². The Bertz CT molecular complexity index is 539. The highest BCUT2D eigenvalue weighted by atomic mass is 35.5. The highest BCUT2D eigenvalue weighted by Gasteiger charge is 2.14. The summed E-state index contributed by atoms with van der Waals surface area (Å²) in [5.74, 6) is 0.0742. The molecule has 3 nitrogen and oxygen atoms in total. The van der Waals surface area contributed by atoms with Gasteiger partial charge < -0.3 is 14.3 Å². The predicted octanol–water partition coefficient (Wildman–Crippen LogP) is 3.36. The van der Waals surface area contributed by atoms with Gasteiger partial charge in [-0.15, -0.1) is 0 Å². The molecular formula is C13H12ClFO3. The van der Waals surface area contributed by atoms with E-state index in [0.29, 0.717) is 11.3 Å². The average molecular weight is 271 g/mol. The van der Waals surface area contributed by atoms with Crippen LogP contribution >= 0.6 is 11.6 Å². The second-order valence-electron chi connectivity index (χ2n) is 3.83. The van der Waals surface area contributed by atoms with Crippen LogP contribution in [0, 0.1) is 5.82 Å². The predicted molar refractivity (Wildman–Crippen MR) is 65.3 cm³/mol. The molecule has 0 fully saturated rings. The Morgan fingerprint density at radius 3 is 2.72 bits per heavy atom. The molecule has 0 saturated carbocycles. The molecule has 1 atom stereocenters. The van der Waals surface area contributed by atoms with E-state index in [1.165, 1.54) is 19.2 Å². The molecule has 18 heavy (non-hydrogen) atoms. The molecule has 1 heterocycles. The van der Waals surface area contributed by atoms with E-state index >= 15 is 0 Å². The maximum atomic E-state index is 13.5. The summed E-state index contributed by atoms with van der Waals surface area (Å²) in [5, 5.41) is 10.1. The van der Waals surface area contributed by atoms with Crippen LogP contribution in [0.4, 0.5) is 4.39 Å². The van der Waals surface area contributed by atoms with E-state index in [9.17, 15) is 9.50 Å². The summed E-state index contributed by atoms with van der Waals surface area (Å²) >= 11 is 5.62. The molecule has 96 valence electrons. The van der Waals surface area contributed by atoms with Crippen LogP contribution in [0.25, 0.3) is 0 Å². The lowest BCUT2D eigenvalue weighted by atomic mass is 10.1. The van der Waals surface area contributed by atoms with E-state index < -0.39 is 11.9 Å². The summed E-state index contributed by atoms with van der Waals surface area (Å²) < 4.78 is 23.4. The number of rotatable bonds is 4. The van der Waals surface area contributed by atoms with Crippen LogP contribution in [0.5, 0.6) is 5.75 Å². The molecule has 1 N–H and O–H groups in total. The zero-order chi connectivity index (χ0) is 13.1. The third kappa shape index (κ3) is 2.83. The lowest BCUT2D eigenvalue weighted by Crippen LogP contribution is -2.01. The van der Waals surface area contributed by atoms with Gasteiger partial charge in [-0.2, -0.15) is 0 Å². The number of hydrogen-bond acceptors (Lipinski definition) is 3. The first-order valence-electron chi connectivity index (χ1n) is 5.36. The number of aliphatic hydroxyl groups is 1. The maximum absolute atomic E-state index is 13.5. The van der Waals surface area contributed by atoms with Gasteiger partial charge in [-0.1, -0.05) is 6.07 Å². The quantitative estimate of drug-likeness (QED) is 0.926. The van der Waals surface area contributed by atoms with Gasteiger partial charge >= 0.3 is 0 Å². The van der Waals surface area contributed by atoms with Crippen molar-refractivity contribution >= 4 is 11.6 Å². The summed E-state index contributed by atoms with van der Waals surface area (Å²) in [6.45, 7) is 0. The first-order valence-corrected chi connectivity index (χ1v) is 5.73. The highest BCUT2D eigenvalue weighted by molar-refractivity contribution is 6.28. The van der Waals surface area contributed by atoms with Crippen LogP contribution in [-0.4, -0.2) is 12.2 Å². The summed E-state index contributed by atoms with van der Waals surface area (Å²) in [4.78, 5) is 0. The van der Waals surface area contributed by atoms with Gasteiger partial charge in [-0.3, -0.25) is 0 Å². The Kier molecular flexibility index (Phi) is 3.89. The smallest absolute Gasteiger partial charge is 0.193 e. The van der Waals surface area contributed by atoms with Crippen molar-refractivity contribution in [3.63, 3.8) is 0 Å². The molecule has 1 unspecified atom stereocenters. The Balaban J connectivity index is 2.12. The fourth-order valence-corrected chi connectivity index (χ4v) is 1.82. The monoisotopic (exact) mass is 270 g/mol. The Labute approximate surface area is 109 Å². The van der Waals surface area contributed by atoms with Gasteiger partial charge in [-0.25, -0.2) is 4.39 Å². The molecule has 2 aromatic rings. The number of benzene rings is 1. The van der Waals surface area contributed by atoms with Gasteiger partial charge in [0.05, 0.1) is 7.11 Å². The van der Waals surface area contributed by atoms with Crippen molar-refractivity contribution < 1.29 is 18.7 Å². The van der Waals surface area contributed by atoms with Crippen LogP contribution in [0.1, 0.15) is 17.4 Å². The van der Waals surface area contributed by atoms with Gasteiger partial charge in [0.1, 0.15) is 11.9 Å². The third-order valence-electron chi connectivity index (χ3n) is 2.57. The lowest BCUT2D eigenvalue weighted by molar-refractivity contribution is 0.150. The molecular weight excluding hydrogens is 259 g/mol. The van der Waals surface area contributed by atoms with Crippen LogP contribution in [0.15, 0.2) is 34.7 Å². The van der Waals surface area contributed by atoms with E-state index in [1.54, 1.807) is 18.2 Å². The molecule has 0 spiro atoms. The fraction of sp³-hybridized carbons (Fsp3) is 0.231. The molecule has 0 aliphatic carbocycles. The molecule has 5 heteroatoms. The van der Waals surface area contributed by atoms with Crippen molar-refractivity contribution in [2.45, 2.75) is 12.5 Å². The summed E-state index contributed by atoms with van der Waals surface area (Å²) in [5.41, 5.74) is 0.647. The summed E-state index contributed by atoms with van der Waals surface area (Å²) in [7, 11) is 1.40. The van der Waals surface area contributed by atoms with Gasteiger partial charge in [0.2, 0.25) is 0 Å². The molecule has 0 bridgehead atoms. The van der Waals surface area contributed by atoms with E-state index in [4.69, 9.17) is 20.8 Å². The minimum Gasteiger partial charge on any atom is -0.494 e.